The van der Waals surface area contributed by atoms with Crippen LogP contribution in [0.25, 0.3) is 0 Å². The van der Waals surface area contributed by atoms with Gasteiger partial charge in [0.1, 0.15) is 5.60 Å². The van der Waals surface area contributed by atoms with Crippen molar-refractivity contribution in [2.24, 2.45) is 0 Å². The van der Waals surface area contributed by atoms with Crippen molar-refractivity contribution >= 4 is 23.4 Å². The SMILES string of the molecule is COC(=O)c1cc(NC(=O)OC(C)(C)C)cc(N2CCNCC2)c1C. The van der Waals surface area contributed by atoms with E-state index >= 15 is 0 Å². The lowest BCUT2D eigenvalue weighted by molar-refractivity contribution is 0.0595. The first-order valence-electron chi connectivity index (χ1n) is 8.40. The molecule has 0 aliphatic carbocycles. The van der Waals surface area contributed by atoms with Crippen LogP contribution in [0.1, 0.15) is 36.7 Å². The summed E-state index contributed by atoms with van der Waals surface area (Å²) in [4.78, 5) is 26.4. The molecule has 0 spiro atoms. The number of hydrogen-bond acceptors (Lipinski definition) is 6. The number of nitrogens with zero attached hydrogens (tertiary/aromatic N) is 1. The molecule has 1 aliphatic heterocycles. The molecule has 0 atom stereocenters. The number of nitrogens with one attached hydrogen (secondary N) is 2. The fourth-order valence-electron chi connectivity index (χ4n) is 2.75. The van der Waals surface area contributed by atoms with Gasteiger partial charge in [0.25, 0.3) is 0 Å². The first kappa shape index (κ1) is 19.1. The van der Waals surface area contributed by atoms with Crippen molar-refractivity contribution in [1.29, 1.82) is 0 Å². The molecule has 1 aliphatic rings. The van der Waals surface area contributed by atoms with Crippen LogP contribution in [0.5, 0.6) is 0 Å². The van der Waals surface area contributed by atoms with E-state index in [1.54, 1.807) is 26.8 Å². The largest absolute Gasteiger partial charge is 0.465 e. The molecule has 1 amide bonds. The highest BCUT2D eigenvalue weighted by molar-refractivity contribution is 5.96. The maximum absolute atomic E-state index is 12.1. The molecule has 1 fully saturated rings. The number of rotatable bonds is 3. The highest BCUT2D eigenvalue weighted by atomic mass is 16.6. The molecule has 25 heavy (non-hydrogen) atoms. The van der Waals surface area contributed by atoms with Crippen LogP contribution in [0, 0.1) is 6.92 Å². The van der Waals surface area contributed by atoms with E-state index in [4.69, 9.17) is 9.47 Å². The second kappa shape index (κ2) is 7.74. The van der Waals surface area contributed by atoms with Gasteiger partial charge < -0.3 is 19.7 Å². The van der Waals surface area contributed by atoms with Crippen molar-refractivity contribution in [2.45, 2.75) is 33.3 Å². The van der Waals surface area contributed by atoms with Crippen LogP contribution in [0.15, 0.2) is 12.1 Å². The van der Waals surface area contributed by atoms with Crippen LogP contribution in [0.3, 0.4) is 0 Å². The molecule has 0 radical (unpaired) electrons. The van der Waals surface area contributed by atoms with Crippen LogP contribution < -0.4 is 15.5 Å². The Labute approximate surface area is 148 Å². The van der Waals surface area contributed by atoms with E-state index in [0.717, 1.165) is 37.4 Å². The average molecular weight is 349 g/mol. The number of piperazine rings is 1. The van der Waals surface area contributed by atoms with Crippen molar-refractivity contribution in [3.63, 3.8) is 0 Å². The second-order valence-corrected chi connectivity index (χ2v) is 7.02. The standard InChI is InChI=1S/C18H27N3O4/c1-12-14(16(22)24-5)10-13(20-17(23)25-18(2,3)4)11-15(12)21-8-6-19-7-9-21/h10-11,19H,6-9H2,1-5H3,(H,20,23). The number of esters is 1. The van der Waals surface area contributed by atoms with Crippen LogP contribution in [-0.4, -0.2) is 51.0 Å². The average Bonchev–Trinajstić information content (AvgIpc) is 2.54. The van der Waals surface area contributed by atoms with E-state index in [1.807, 2.05) is 13.0 Å². The lowest BCUT2D eigenvalue weighted by Crippen LogP contribution is -2.44. The Morgan fingerprint density at radius 1 is 1.20 bits per heavy atom. The van der Waals surface area contributed by atoms with Gasteiger partial charge in [0, 0.05) is 37.6 Å². The van der Waals surface area contributed by atoms with Gasteiger partial charge in [-0.1, -0.05) is 0 Å². The molecular formula is C18H27N3O4. The summed E-state index contributed by atoms with van der Waals surface area (Å²) in [6.07, 6.45) is -0.557. The fourth-order valence-corrected chi connectivity index (χ4v) is 2.75. The molecular weight excluding hydrogens is 322 g/mol. The van der Waals surface area contributed by atoms with Gasteiger partial charge in [0.15, 0.2) is 0 Å². The minimum absolute atomic E-state index is 0.429. The third kappa shape index (κ3) is 5.09. The van der Waals surface area contributed by atoms with Gasteiger partial charge in [-0.2, -0.15) is 0 Å². The van der Waals surface area contributed by atoms with Crippen LogP contribution in [0.4, 0.5) is 16.2 Å². The number of benzene rings is 1. The molecule has 0 aromatic heterocycles. The van der Waals surface area contributed by atoms with Gasteiger partial charge in [0.05, 0.1) is 12.7 Å². The maximum atomic E-state index is 12.1. The Morgan fingerprint density at radius 3 is 2.40 bits per heavy atom. The zero-order valence-corrected chi connectivity index (χ0v) is 15.6. The molecule has 7 nitrogen and oxygen atoms in total. The zero-order valence-electron chi connectivity index (χ0n) is 15.6. The lowest BCUT2D eigenvalue weighted by Gasteiger charge is -2.31. The summed E-state index contributed by atoms with van der Waals surface area (Å²) in [6.45, 7) is 10.7. The van der Waals surface area contributed by atoms with E-state index in [-0.39, 0.29) is 0 Å². The molecule has 1 heterocycles. The molecule has 7 heteroatoms. The fraction of sp³-hybridized carbons (Fsp3) is 0.556. The number of amides is 1. The summed E-state index contributed by atoms with van der Waals surface area (Å²) in [6, 6.07) is 3.49. The summed E-state index contributed by atoms with van der Waals surface area (Å²) in [5.41, 5.74) is 2.10. The monoisotopic (exact) mass is 349 g/mol. The molecule has 1 aromatic carbocycles. The highest BCUT2D eigenvalue weighted by Crippen LogP contribution is 2.29. The summed E-state index contributed by atoms with van der Waals surface area (Å²) in [5, 5.41) is 6.02. The normalized spacial score (nSPS) is 14.8. The Balaban J connectivity index is 2.35. The third-order valence-corrected chi connectivity index (χ3v) is 3.89. The van der Waals surface area contributed by atoms with Crippen molar-refractivity contribution in [3.8, 4) is 0 Å². The first-order valence-corrected chi connectivity index (χ1v) is 8.40. The Hall–Kier alpha value is -2.28. The van der Waals surface area contributed by atoms with Crippen molar-refractivity contribution in [2.75, 3.05) is 43.5 Å². The third-order valence-electron chi connectivity index (χ3n) is 3.89. The van der Waals surface area contributed by atoms with Crippen molar-refractivity contribution in [3.05, 3.63) is 23.3 Å². The van der Waals surface area contributed by atoms with E-state index < -0.39 is 17.7 Å². The second-order valence-electron chi connectivity index (χ2n) is 7.02. The molecule has 0 bridgehead atoms. The quantitative estimate of drug-likeness (QED) is 0.817. The van der Waals surface area contributed by atoms with E-state index in [1.165, 1.54) is 7.11 Å². The number of ether oxygens (including phenoxy) is 2. The summed E-state index contributed by atoms with van der Waals surface area (Å²) >= 11 is 0. The van der Waals surface area contributed by atoms with Gasteiger partial charge in [-0.3, -0.25) is 5.32 Å². The minimum atomic E-state index is -0.596. The maximum Gasteiger partial charge on any atom is 0.412 e. The van der Waals surface area contributed by atoms with Crippen LogP contribution in [0.2, 0.25) is 0 Å². The van der Waals surface area contributed by atoms with E-state index in [0.29, 0.717) is 11.3 Å². The molecule has 2 rings (SSSR count). The Bertz CT molecular complexity index is 646. The van der Waals surface area contributed by atoms with Crippen molar-refractivity contribution in [1.82, 2.24) is 5.32 Å². The van der Waals surface area contributed by atoms with Crippen LogP contribution in [-0.2, 0) is 9.47 Å². The number of anilines is 2. The smallest absolute Gasteiger partial charge is 0.412 e. The Morgan fingerprint density at radius 2 is 1.84 bits per heavy atom. The van der Waals surface area contributed by atoms with Gasteiger partial charge in [-0.15, -0.1) is 0 Å². The molecule has 1 saturated heterocycles. The predicted molar refractivity (Wildman–Crippen MR) is 97.5 cm³/mol. The van der Waals surface area contributed by atoms with E-state index in [9.17, 15) is 9.59 Å². The van der Waals surface area contributed by atoms with E-state index in [2.05, 4.69) is 15.5 Å². The van der Waals surface area contributed by atoms with Gasteiger partial charge in [-0.25, -0.2) is 9.59 Å². The Kier molecular flexibility index (Phi) is 5.89. The van der Waals surface area contributed by atoms with Gasteiger partial charge in [-0.05, 0) is 45.4 Å². The topological polar surface area (TPSA) is 79.9 Å². The first-order chi connectivity index (χ1) is 11.7. The summed E-state index contributed by atoms with van der Waals surface area (Å²) in [5.74, 6) is -0.429. The number of carbonyl (C=O) groups is 2. The zero-order chi connectivity index (χ0) is 18.6. The molecule has 0 unspecified atom stereocenters. The van der Waals surface area contributed by atoms with Gasteiger partial charge in [0.2, 0.25) is 0 Å². The molecule has 1 aromatic rings. The van der Waals surface area contributed by atoms with Crippen LogP contribution >= 0.6 is 0 Å². The lowest BCUT2D eigenvalue weighted by atomic mass is 10.0. The molecule has 0 saturated carbocycles. The summed E-state index contributed by atoms with van der Waals surface area (Å²) < 4.78 is 10.2. The molecule has 138 valence electrons. The van der Waals surface area contributed by atoms with Crippen molar-refractivity contribution < 1.29 is 19.1 Å². The predicted octanol–water partition coefficient (Wildman–Crippen LogP) is 2.54. The highest BCUT2D eigenvalue weighted by Gasteiger charge is 2.21. The number of carbonyl (C=O) groups excluding carboxylic acids is 2. The van der Waals surface area contributed by atoms with Gasteiger partial charge >= 0.3 is 12.1 Å². The summed E-state index contributed by atoms with van der Waals surface area (Å²) in [7, 11) is 1.35. The number of methoxy groups -OCH3 is 1. The molecule has 2 N–H and O–H groups in total. The minimum Gasteiger partial charge on any atom is -0.465 e. The number of hydrogen-bond donors (Lipinski definition) is 2.